The van der Waals surface area contributed by atoms with E-state index in [1.165, 1.54) is 4.68 Å². The van der Waals surface area contributed by atoms with Gasteiger partial charge in [-0.25, -0.2) is 4.68 Å². The van der Waals surface area contributed by atoms with Crippen molar-refractivity contribution in [2.45, 2.75) is 20.0 Å². The van der Waals surface area contributed by atoms with E-state index >= 15 is 0 Å². The van der Waals surface area contributed by atoms with Gasteiger partial charge < -0.3 is 14.8 Å². The molecule has 1 N–H and O–H groups in total. The Bertz CT molecular complexity index is 418. The standard InChI is InChI=1S/C12H21N3O3/c1-10-8-11(9-13-4-6-17-2)12(16)15(14-10)5-7-18-3/h8,13H,4-7,9H2,1-3H3. The molecule has 18 heavy (non-hydrogen) atoms. The van der Waals surface area contributed by atoms with Crippen LogP contribution in [0.25, 0.3) is 0 Å². The van der Waals surface area contributed by atoms with Crippen LogP contribution in [0, 0.1) is 6.92 Å². The van der Waals surface area contributed by atoms with Gasteiger partial charge in [0, 0.05) is 32.9 Å². The van der Waals surface area contributed by atoms with Gasteiger partial charge in [0.15, 0.2) is 0 Å². The van der Waals surface area contributed by atoms with Gasteiger partial charge in [-0.15, -0.1) is 0 Å². The molecule has 0 saturated heterocycles. The first-order valence-electron chi connectivity index (χ1n) is 5.95. The van der Waals surface area contributed by atoms with Gasteiger partial charge in [0.1, 0.15) is 0 Å². The minimum absolute atomic E-state index is 0.0671. The third-order valence-corrected chi connectivity index (χ3v) is 2.48. The highest BCUT2D eigenvalue weighted by Gasteiger charge is 2.06. The molecule has 0 amide bonds. The van der Waals surface area contributed by atoms with Crippen molar-refractivity contribution in [1.29, 1.82) is 0 Å². The van der Waals surface area contributed by atoms with Crippen LogP contribution in [0.15, 0.2) is 10.9 Å². The summed E-state index contributed by atoms with van der Waals surface area (Å²) in [4.78, 5) is 12.1. The molecule has 0 aliphatic rings. The van der Waals surface area contributed by atoms with E-state index in [-0.39, 0.29) is 5.56 Å². The van der Waals surface area contributed by atoms with Crippen molar-refractivity contribution in [2.75, 3.05) is 34.0 Å². The Labute approximate surface area is 107 Å². The molecule has 0 fully saturated rings. The lowest BCUT2D eigenvalue weighted by Crippen LogP contribution is -2.31. The summed E-state index contributed by atoms with van der Waals surface area (Å²) < 4.78 is 11.3. The fourth-order valence-corrected chi connectivity index (χ4v) is 1.60. The Morgan fingerprint density at radius 3 is 2.72 bits per heavy atom. The van der Waals surface area contributed by atoms with E-state index < -0.39 is 0 Å². The van der Waals surface area contributed by atoms with Crippen LogP contribution in [-0.2, 0) is 22.6 Å². The highest BCUT2D eigenvalue weighted by atomic mass is 16.5. The van der Waals surface area contributed by atoms with Crippen molar-refractivity contribution in [3.8, 4) is 0 Å². The molecule has 0 aliphatic carbocycles. The van der Waals surface area contributed by atoms with Gasteiger partial charge in [-0.3, -0.25) is 4.79 Å². The van der Waals surface area contributed by atoms with Gasteiger partial charge in [0.2, 0.25) is 0 Å². The molecule has 6 nitrogen and oxygen atoms in total. The molecule has 0 saturated carbocycles. The SMILES string of the molecule is COCCNCc1cc(C)nn(CCOC)c1=O. The fraction of sp³-hybridized carbons (Fsp3) is 0.667. The Kier molecular flexibility index (Phi) is 6.56. The lowest BCUT2D eigenvalue weighted by atomic mass is 10.2. The lowest BCUT2D eigenvalue weighted by molar-refractivity contribution is 0.181. The number of hydrogen-bond acceptors (Lipinski definition) is 5. The Hall–Kier alpha value is -1.24. The second-order valence-electron chi connectivity index (χ2n) is 4.00. The van der Waals surface area contributed by atoms with Crippen molar-refractivity contribution in [3.63, 3.8) is 0 Å². The van der Waals surface area contributed by atoms with E-state index in [0.29, 0.717) is 26.3 Å². The zero-order valence-electron chi connectivity index (χ0n) is 11.2. The molecular formula is C12H21N3O3. The topological polar surface area (TPSA) is 65.4 Å². The summed E-state index contributed by atoms with van der Waals surface area (Å²) in [7, 11) is 3.25. The lowest BCUT2D eigenvalue weighted by Gasteiger charge is -2.09. The number of nitrogens with one attached hydrogen (secondary N) is 1. The van der Waals surface area contributed by atoms with Crippen LogP contribution in [0.1, 0.15) is 11.3 Å². The first kappa shape index (κ1) is 14.8. The Balaban J connectivity index is 2.71. The highest BCUT2D eigenvalue weighted by molar-refractivity contribution is 5.12. The summed E-state index contributed by atoms with van der Waals surface area (Å²) in [5.41, 5.74) is 1.48. The predicted octanol–water partition coefficient (Wildman–Crippen LogP) is -0.0659. The summed E-state index contributed by atoms with van der Waals surface area (Å²) >= 11 is 0. The molecule has 0 radical (unpaired) electrons. The van der Waals surface area contributed by atoms with E-state index in [0.717, 1.165) is 17.8 Å². The number of aryl methyl sites for hydroxylation is 1. The van der Waals surface area contributed by atoms with Crippen molar-refractivity contribution < 1.29 is 9.47 Å². The molecule has 1 rings (SSSR count). The summed E-state index contributed by atoms with van der Waals surface area (Å²) in [6, 6.07) is 1.81. The molecule has 0 unspecified atom stereocenters. The van der Waals surface area contributed by atoms with Crippen LogP contribution in [-0.4, -0.2) is 43.8 Å². The van der Waals surface area contributed by atoms with Crippen molar-refractivity contribution in [3.05, 3.63) is 27.7 Å². The minimum Gasteiger partial charge on any atom is -0.383 e. The second kappa shape index (κ2) is 7.97. The Morgan fingerprint density at radius 2 is 2.06 bits per heavy atom. The monoisotopic (exact) mass is 255 g/mol. The molecule has 102 valence electrons. The van der Waals surface area contributed by atoms with Gasteiger partial charge in [-0.1, -0.05) is 0 Å². The van der Waals surface area contributed by atoms with Crippen LogP contribution in [0.5, 0.6) is 0 Å². The zero-order chi connectivity index (χ0) is 13.4. The van der Waals surface area contributed by atoms with Gasteiger partial charge in [0.25, 0.3) is 5.56 Å². The summed E-state index contributed by atoms with van der Waals surface area (Å²) in [6.45, 7) is 4.70. The molecule has 0 aromatic carbocycles. The van der Waals surface area contributed by atoms with Crippen molar-refractivity contribution in [2.24, 2.45) is 0 Å². The van der Waals surface area contributed by atoms with Crippen LogP contribution < -0.4 is 10.9 Å². The average molecular weight is 255 g/mol. The van der Waals surface area contributed by atoms with E-state index in [9.17, 15) is 4.79 Å². The predicted molar refractivity (Wildman–Crippen MR) is 68.7 cm³/mol. The number of methoxy groups -OCH3 is 2. The summed E-state index contributed by atoms with van der Waals surface area (Å²) in [5.74, 6) is 0. The normalized spacial score (nSPS) is 10.8. The minimum atomic E-state index is -0.0671. The third kappa shape index (κ3) is 4.56. The van der Waals surface area contributed by atoms with Gasteiger partial charge in [-0.2, -0.15) is 5.10 Å². The van der Waals surface area contributed by atoms with E-state index in [1.807, 2.05) is 13.0 Å². The van der Waals surface area contributed by atoms with Gasteiger partial charge >= 0.3 is 0 Å². The molecule has 1 heterocycles. The molecule has 0 bridgehead atoms. The van der Waals surface area contributed by atoms with Gasteiger partial charge in [-0.05, 0) is 13.0 Å². The summed E-state index contributed by atoms with van der Waals surface area (Å²) in [6.07, 6.45) is 0. The number of hydrogen-bond donors (Lipinski definition) is 1. The number of aromatic nitrogens is 2. The fourth-order valence-electron chi connectivity index (χ4n) is 1.60. The van der Waals surface area contributed by atoms with Gasteiger partial charge in [0.05, 0.1) is 25.5 Å². The number of rotatable bonds is 8. The molecule has 0 aliphatic heterocycles. The average Bonchev–Trinajstić information content (AvgIpc) is 2.36. The van der Waals surface area contributed by atoms with Crippen molar-refractivity contribution in [1.82, 2.24) is 15.1 Å². The molecular weight excluding hydrogens is 234 g/mol. The number of ether oxygens (including phenoxy) is 2. The quantitative estimate of drug-likeness (QED) is 0.659. The third-order valence-electron chi connectivity index (χ3n) is 2.48. The molecule has 1 aromatic heterocycles. The van der Waals surface area contributed by atoms with Crippen LogP contribution >= 0.6 is 0 Å². The molecule has 6 heteroatoms. The smallest absolute Gasteiger partial charge is 0.271 e. The second-order valence-corrected chi connectivity index (χ2v) is 4.00. The maximum atomic E-state index is 12.1. The van der Waals surface area contributed by atoms with E-state index in [1.54, 1.807) is 14.2 Å². The summed E-state index contributed by atoms with van der Waals surface area (Å²) in [5, 5.41) is 7.34. The number of nitrogens with zero attached hydrogens (tertiary/aromatic N) is 2. The van der Waals surface area contributed by atoms with Crippen molar-refractivity contribution >= 4 is 0 Å². The molecule has 1 aromatic rings. The first-order valence-corrected chi connectivity index (χ1v) is 5.95. The van der Waals surface area contributed by atoms with E-state index in [4.69, 9.17) is 9.47 Å². The van der Waals surface area contributed by atoms with E-state index in [2.05, 4.69) is 10.4 Å². The largest absolute Gasteiger partial charge is 0.383 e. The zero-order valence-corrected chi connectivity index (χ0v) is 11.2. The maximum absolute atomic E-state index is 12.1. The van der Waals surface area contributed by atoms with Crippen LogP contribution in [0.3, 0.4) is 0 Å². The van der Waals surface area contributed by atoms with Crippen LogP contribution in [0.2, 0.25) is 0 Å². The maximum Gasteiger partial charge on any atom is 0.271 e. The molecule has 0 spiro atoms. The van der Waals surface area contributed by atoms with Crippen LogP contribution in [0.4, 0.5) is 0 Å². The first-order chi connectivity index (χ1) is 8.69. The highest BCUT2D eigenvalue weighted by Crippen LogP contribution is 1.95. The molecule has 0 atom stereocenters. The Morgan fingerprint density at radius 1 is 1.33 bits per heavy atom.